The maximum atomic E-state index is 13.0. The van der Waals surface area contributed by atoms with E-state index in [0.717, 1.165) is 0 Å². The number of hydrogen-bond donors (Lipinski definition) is 2. The van der Waals surface area contributed by atoms with E-state index in [1.54, 1.807) is 0 Å². The van der Waals surface area contributed by atoms with E-state index in [1.807, 2.05) is 0 Å². The molecular formula is C12H9F3N2O3. The fourth-order valence-electron chi connectivity index (χ4n) is 1.72. The normalized spacial score (nSPS) is 11.6. The van der Waals surface area contributed by atoms with Gasteiger partial charge < -0.3 is 10.2 Å². The van der Waals surface area contributed by atoms with Gasteiger partial charge in [-0.1, -0.05) is 12.1 Å². The topological polar surface area (TPSA) is 75.3 Å². The van der Waals surface area contributed by atoms with Crippen LogP contribution in [0.3, 0.4) is 0 Å². The molecule has 0 aliphatic heterocycles. The van der Waals surface area contributed by atoms with E-state index in [4.69, 9.17) is 10.2 Å². The van der Waals surface area contributed by atoms with Crippen molar-refractivity contribution < 1.29 is 28.2 Å². The van der Waals surface area contributed by atoms with Gasteiger partial charge in [0.25, 0.3) is 0 Å². The number of benzene rings is 1. The number of rotatable bonds is 3. The van der Waals surface area contributed by atoms with Crippen LogP contribution in [-0.4, -0.2) is 26.0 Å². The number of aromatic carboxylic acids is 1. The molecule has 1 heterocycles. The van der Waals surface area contributed by atoms with Crippen molar-refractivity contribution in [1.29, 1.82) is 0 Å². The molecule has 0 spiro atoms. The number of nitrogens with zero attached hydrogens (tertiary/aromatic N) is 2. The minimum Gasteiger partial charge on any atom is -0.478 e. The highest BCUT2D eigenvalue weighted by atomic mass is 19.4. The van der Waals surface area contributed by atoms with Gasteiger partial charge in [0.2, 0.25) is 0 Å². The Balaban J connectivity index is 2.59. The zero-order chi connectivity index (χ0) is 14.9. The van der Waals surface area contributed by atoms with Crippen LogP contribution in [0.25, 0.3) is 5.69 Å². The van der Waals surface area contributed by atoms with Crippen LogP contribution in [0, 0.1) is 0 Å². The van der Waals surface area contributed by atoms with Gasteiger partial charge in [-0.25, -0.2) is 9.48 Å². The summed E-state index contributed by atoms with van der Waals surface area (Å²) in [6, 6.07) is 5.49. The van der Waals surface area contributed by atoms with E-state index in [1.165, 1.54) is 24.3 Å². The third-order valence-electron chi connectivity index (χ3n) is 2.63. The van der Waals surface area contributed by atoms with Crippen molar-refractivity contribution in [2.24, 2.45) is 0 Å². The van der Waals surface area contributed by atoms with Crippen molar-refractivity contribution in [3.8, 4) is 5.69 Å². The van der Waals surface area contributed by atoms with Crippen molar-refractivity contribution in [3.63, 3.8) is 0 Å². The molecule has 2 N–H and O–H groups in total. The molecule has 20 heavy (non-hydrogen) atoms. The summed E-state index contributed by atoms with van der Waals surface area (Å²) < 4.78 is 39.4. The summed E-state index contributed by atoms with van der Waals surface area (Å²) in [6.45, 7) is -0.244. The highest BCUT2D eigenvalue weighted by molar-refractivity contribution is 5.89. The highest BCUT2D eigenvalue weighted by Crippen LogP contribution is 2.33. The van der Waals surface area contributed by atoms with Gasteiger partial charge in [-0.05, 0) is 17.7 Å². The fourth-order valence-corrected chi connectivity index (χ4v) is 1.72. The minimum absolute atomic E-state index is 0.0574. The molecule has 0 fully saturated rings. The number of aliphatic hydroxyl groups is 1. The van der Waals surface area contributed by atoms with Crippen LogP contribution >= 0.6 is 0 Å². The van der Waals surface area contributed by atoms with Crippen molar-refractivity contribution >= 4 is 5.97 Å². The van der Waals surface area contributed by atoms with E-state index >= 15 is 0 Å². The summed E-state index contributed by atoms with van der Waals surface area (Å²) in [6.07, 6.45) is -4.19. The molecule has 0 saturated carbocycles. The Labute approximate surface area is 110 Å². The van der Waals surface area contributed by atoms with Crippen LogP contribution in [0.1, 0.15) is 21.6 Å². The summed E-state index contributed by atoms with van der Waals surface area (Å²) in [4.78, 5) is 10.8. The van der Waals surface area contributed by atoms with Crippen LogP contribution in [0.5, 0.6) is 0 Å². The lowest BCUT2D eigenvalue weighted by Gasteiger charge is -2.11. The van der Waals surface area contributed by atoms with Crippen molar-refractivity contribution in [2.75, 3.05) is 0 Å². The smallest absolute Gasteiger partial charge is 0.434 e. The predicted octanol–water partition coefficient (Wildman–Crippen LogP) is 2.08. The molecule has 0 amide bonds. The monoisotopic (exact) mass is 286 g/mol. The van der Waals surface area contributed by atoms with Gasteiger partial charge in [-0.3, -0.25) is 0 Å². The van der Waals surface area contributed by atoms with Crippen LogP contribution < -0.4 is 0 Å². The summed E-state index contributed by atoms with van der Waals surface area (Å²) in [5.74, 6) is -1.70. The molecule has 0 aliphatic carbocycles. The molecular weight excluding hydrogens is 277 g/mol. The summed E-state index contributed by atoms with van der Waals surface area (Å²) >= 11 is 0. The molecule has 0 radical (unpaired) electrons. The Bertz CT molecular complexity index is 632. The molecule has 5 nitrogen and oxygen atoms in total. The summed E-state index contributed by atoms with van der Waals surface area (Å²) in [7, 11) is 0. The van der Waals surface area contributed by atoms with Gasteiger partial charge in [0.15, 0.2) is 5.69 Å². The number of hydrogen-bond acceptors (Lipinski definition) is 3. The lowest BCUT2D eigenvalue weighted by Crippen LogP contribution is -2.17. The van der Waals surface area contributed by atoms with E-state index in [9.17, 15) is 18.0 Å². The number of carboxylic acids is 1. The first-order valence-corrected chi connectivity index (χ1v) is 5.43. The van der Waals surface area contributed by atoms with Gasteiger partial charge >= 0.3 is 12.1 Å². The number of aromatic nitrogens is 2. The quantitative estimate of drug-likeness (QED) is 0.905. The van der Waals surface area contributed by atoms with Gasteiger partial charge in [0.1, 0.15) is 5.56 Å². The second-order valence-electron chi connectivity index (χ2n) is 3.95. The zero-order valence-corrected chi connectivity index (χ0v) is 9.92. The molecule has 1 aromatic carbocycles. The first-order valence-electron chi connectivity index (χ1n) is 5.43. The van der Waals surface area contributed by atoms with Crippen LogP contribution in [0.15, 0.2) is 30.5 Å². The van der Waals surface area contributed by atoms with Crippen LogP contribution in [-0.2, 0) is 12.8 Å². The Hall–Kier alpha value is -2.35. The van der Waals surface area contributed by atoms with Crippen LogP contribution in [0.2, 0.25) is 0 Å². The zero-order valence-electron chi connectivity index (χ0n) is 9.92. The average Bonchev–Trinajstić information content (AvgIpc) is 2.83. The third kappa shape index (κ3) is 2.50. The molecule has 2 aromatic rings. The predicted molar refractivity (Wildman–Crippen MR) is 61.4 cm³/mol. The van der Waals surface area contributed by atoms with E-state index in [2.05, 4.69) is 5.10 Å². The molecule has 106 valence electrons. The van der Waals surface area contributed by atoms with E-state index in [-0.39, 0.29) is 12.3 Å². The number of aliphatic hydroxyl groups excluding tert-OH is 1. The SMILES string of the molecule is O=C(O)c1cnn(-c2ccc(CO)cc2)c1C(F)(F)F. The molecule has 2 rings (SSSR count). The fraction of sp³-hybridized carbons (Fsp3) is 0.167. The lowest BCUT2D eigenvalue weighted by atomic mass is 10.2. The van der Waals surface area contributed by atoms with Gasteiger partial charge in [-0.15, -0.1) is 0 Å². The van der Waals surface area contributed by atoms with E-state index in [0.29, 0.717) is 16.4 Å². The number of halogens is 3. The Morgan fingerprint density at radius 3 is 2.30 bits per heavy atom. The summed E-state index contributed by atoms with van der Waals surface area (Å²) in [5, 5.41) is 21.1. The maximum Gasteiger partial charge on any atom is 0.434 e. The minimum atomic E-state index is -4.85. The first kappa shape index (κ1) is 14.1. The van der Waals surface area contributed by atoms with Crippen molar-refractivity contribution in [3.05, 3.63) is 47.3 Å². The standard InChI is InChI=1S/C12H9F3N2O3/c13-12(14,15)10-9(11(19)20)5-16-17(10)8-3-1-7(6-18)2-4-8/h1-5,18H,6H2,(H,19,20). The second kappa shape index (κ2) is 4.97. The molecule has 0 aliphatic rings. The molecule has 0 unspecified atom stereocenters. The van der Waals surface area contributed by atoms with Gasteiger partial charge in [0, 0.05) is 0 Å². The van der Waals surface area contributed by atoms with Gasteiger partial charge in [0.05, 0.1) is 18.5 Å². The second-order valence-corrected chi connectivity index (χ2v) is 3.95. The summed E-state index contributed by atoms with van der Waals surface area (Å²) in [5.41, 5.74) is -1.68. The third-order valence-corrected chi connectivity index (χ3v) is 2.63. The molecule has 0 bridgehead atoms. The molecule has 0 saturated heterocycles. The Morgan fingerprint density at radius 2 is 1.85 bits per heavy atom. The molecule has 1 aromatic heterocycles. The number of alkyl halides is 3. The first-order chi connectivity index (χ1) is 9.34. The highest BCUT2D eigenvalue weighted by Gasteiger charge is 2.40. The number of carbonyl (C=O) groups is 1. The van der Waals surface area contributed by atoms with Crippen molar-refractivity contribution in [2.45, 2.75) is 12.8 Å². The van der Waals surface area contributed by atoms with E-state index < -0.39 is 23.4 Å². The van der Waals surface area contributed by atoms with Gasteiger partial charge in [-0.2, -0.15) is 18.3 Å². The Kier molecular flexibility index (Phi) is 3.49. The maximum absolute atomic E-state index is 13.0. The molecule has 8 heteroatoms. The molecule has 0 atom stereocenters. The lowest BCUT2D eigenvalue weighted by molar-refractivity contribution is -0.143. The van der Waals surface area contributed by atoms with Crippen LogP contribution in [0.4, 0.5) is 13.2 Å². The van der Waals surface area contributed by atoms with Crippen molar-refractivity contribution in [1.82, 2.24) is 9.78 Å². The Morgan fingerprint density at radius 1 is 1.25 bits per heavy atom. The average molecular weight is 286 g/mol. The number of carboxylic acid groups (broad SMARTS) is 1. The largest absolute Gasteiger partial charge is 0.478 e.